The van der Waals surface area contributed by atoms with Crippen LogP contribution in [0.15, 0.2) is 54.6 Å². The highest BCUT2D eigenvalue weighted by Crippen LogP contribution is 2.20. The van der Waals surface area contributed by atoms with Crippen LogP contribution < -0.4 is 15.8 Å². The van der Waals surface area contributed by atoms with Gasteiger partial charge in [0.15, 0.2) is 0 Å². The number of nitrogens with two attached hydrogens (primary N) is 1. The molecular formula is C18H23ClN2O2. The summed E-state index contributed by atoms with van der Waals surface area (Å²) in [5.74, 6) is 0.564. The minimum absolute atomic E-state index is 0. The highest BCUT2D eigenvalue weighted by Gasteiger charge is 2.30. The van der Waals surface area contributed by atoms with Gasteiger partial charge in [0.1, 0.15) is 11.3 Å². The first-order valence-electron chi connectivity index (χ1n) is 7.39. The fourth-order valence-electron chi connectivity index (χ4n) is 2.22. The average Bonchev–Trinajstić information content (AvgIpc) is 2.55. The second-order valence-electron chi connectivity index (χ2n) is 5.29. The molecule has 0 bridgehead atoms. The molecule has 0 heterocycles. The molecule has 0 aromatic heterocycles. The third-order valence-corrected chi connectivity index (χ3v) is 3.56. The third-order valence-electron chi connectivity index (χ3n) is 3.56. The van der Waals surface area contributed by atoms with Gasteiger partial charge in [-0.3, -0.25) is 4.79 Å². The molecule has 2 aromatic rings. The second kappa shape index (κ2) is 8.56. The van der Waals surface area contributed by atoms with Crippen molar-refractivity contribution < 1.29 is 9.53 Å². The smallest absolute Gasteiger partial charge is 0.244 e. The first kappa shape index (κ1) is 19.0. The van der Waals surface area contributed by atoms with Crippen LogP contribution >= 0.6 is 12.4 Å². The maximum atomic E-state index is 12.4. The Morgan fingerprint density at radius 1 is 1.13 bits per heavy atom. The van der Waals surface area contributed by atoms with Gasteiger partial charge in [-0.2, -0.15) is 0 Å². The summed E-state index contributed by atoms with van der Waals surface area (Å²) in [6.45, 7) is 4.62. The van der Waals surface area contributed by atoms with Crippen molar-refractivity contribution in [3.05, 3.63) is 65.7 Å². The van der Waals surface area contributed by atoms with Crippen LogP contribution in [0.3, 0.4) is 0 Å². The van der Waals surface area contributed by atoms with Gasteiger partial charge in [-0.25, -0.2) is 0 Å². The average molecular weight is 335 g/mol. The van der Waals surface area contributed by atoms with Crippen LogP contribution in [-0.2, 0) is 16.9 Å². The number of para-hydroxylation sites is 1. The monoisotopic (exact) mass is 334 g/mol. The molecule has 23 heavy (non-hydrogen) atoms. The van der Waals surface area contributed by atoms with Crippen molar-refractivity contribution in [1.82, 2.24) is 5.32 Å². The molecule has 4 nitrogen and oxygen atoms in total. The Balaban J connectivity index is 0.00000264. The van der Waals surface area contributed by atoms with E-state index in [1.165, 1.54) is 0 Å². The normalized spacial score (nSPS) is 12.7. The van der Waals surface area contributed by atoms with Crippen LogP contribution in [0.2, 0.25) is 0 Å². The largest absolute Gasteiger partial charge is 0.494 e. The van der Waals surface area contributed by atoms with Crippen LogP contribution in [0, 0.1) is 0 Å². The zero-order chi connectivity index (χ0) is 16.0. The summed E-state index contributed by atoms with van der Waals surface area (Å²) in [4.78, 5) is 12.4. The number of nitrogens with one attached hydrogen (secondary N) is 1. The summed E-state index contributed by atoms with van der Waals surface area (Å²) in [5, 5.41) is 2.89. The Morgan fingerprint density at radius 3 is 2.39 bits per heavy atom. The Labute approximate surface area is 143 Å². The number of benzene rings is 2. The summed E-state index contributed by atoms with van der Waals surface area (Å²) in [6.07, 6.45) is 0. The number of carbonyl (C=O) groups is 1. The zero-order valence-electron chi connectivity index (χ0n) is 13.4. The molecule has 2 aromatic carbocycles. The van der Waals surface area contributed by atoms with Crippen LogP contribution in [0.1, 0.15) is 25.0 Å². The van der Waals surface area contributed by atoms with Crippen molar-refractivity contribution in [3.8, 4) is 5.75 Å². The Kier molecular flexibility index (Phi) is 7.07. The third kappa shape index (κ3) is 4.71. The van der Waals surface area contributed by atoms with E-state index < -0.39 is 5.54 Å². The van der Waals surface area contributed by atoms with E-state index in [1.54, 1.807) is 6.92 Å². The minimum atomic E-state index is -1.07. The molecule has 0 aliphatic carbocycles. The Hall–Kier alpha value is -2.04. The Bertz CT molecular complexity index is 630. The van der Waals surface area contributed by atoms with E-state index in [2.05, 4.69) is 5.32 Å². The van der Waals surface area contributed by atoms with Crippen molar-refractivity contribution in [1.29, 1.82) is 0 Å². The van der Waals surface area contributed by atoms with Gasteiger partial charge in [0.05, 0.1) is 6.61 Å². The zero-order valence-corrected chi connectivity index (χ0v) is 14.2. The van der Waals surface area contributed by atoms with Gasteiger partial charge in [-0.05, 0) is 25.5 Å². The summed E-state index contributed by atoms with van der Waals surface area (Å²) in [6, 6.07) is 17.0. The van der Waals surface area contributed by atoms with Gasteiger partial charge >= 0.3 is 0 Å². The molecule has 0 fully saturated rings. The first-order valence-corrected chi connectivity index (χ1v) is 7.39. The number of hydrogen-bond donors (Lipinski definition) is 2. The highest BCUT2D eigenvalue weighted by molar-refractivity contribution is 5.87. The van der Waals surface area contributed by atoms with Crippen molar-refractivity contribution in [2.24, 2.45) is 5.73 Å². The molecular weight excluding hydrogens is 312 g/mol. The summed E-state index contributed by atoms with van der Waals surface area (Å²) in [7, 11) is 0. The molecule has 0 saturated heterocycles. The van der Waals surface area contributed by atoms with Gasteiger partial charge in [-0.15, -0.1) is 12.4 Å². The summed E-state index contributed by atoms with van der Waals surface area (Å²) in [5.41, 5.74) is 6.85. The number of rotatable bonds is 6. The van der Waals surface area contributed by atoms with Gasteiger partial charge in [0.25, 0.3) is 0 Å². The predicted octanol–water partition coefficient (Wildman–Crippen LogP) is 3.00. The van der Waals surface area contributed by atoms with Gasteiger partial charge in [-0.1, -0.05) is 48.5 Å². The molecule has 124 valence electrons. The standard InChI is InChI=1S/C18H22N2O2.ClH/c1-3-22-16-12-8-7-9-14(16)13-20-17(21)18(2,19)15-10-5-4-6-11-15;/h4-12H,3,13,19H2,1-2H3,(H,20,21);1H. The van der Waals surface area contributed by atoms with Crippen molar-refractivity contribution in [3.63, 3.8) is 0 Å². The summed E-state index contributed by atoms with van der Waals surface area (Å²) >= 11 is 0. The number of amides is 1. The minimum Gasteiger partial charge on any atom is -0.494 e. The lowest BCUT2D eigenvalue weighted by Crippen LogP contribution is -2.48. The van der Waals surface area contributed by atoms with E-state index in [4.69, 9.17) is 10.5 Å². The topological polar surface area (TPSA) is 64.3 Å². The van der Waals surface area contributed by atoms with E-state index in [1.807, 2.05) is 61.5 Å². The van der Waals surface area contributed by atoms with E-state index in [0.29, 0.717) is 13.2 Å². The SMILES string of the molecule is CCOc1ccccc1CNC(=O)C(C)(N)c1ccccc1.Cl. The lowest BCUT2D eigenvalue weighted by molar-refractivity contribution is -0.126. The lowest BCUT2D eigenvalue weighted by Gasteiger charge is -2.24. The number of ether oxygens (including phenoxy) is 1. The lowest BCUT2D eigenvalue weighted by atomic mass is 9.92. The van der Waals surface area contributed by atoms with Crippen molar-refractivity contribution in [2.75, 3.05) is 6.61 Å². The molecule has 1 unspecified atom stereocenters. The molecule has 1 atom stereocenters. The number of hydrogen-bond acceptors (Lipinski definition) is 3. The quantitative estimate of drug-likeness (QED) is 0.853. The molecule has 1 amide bonds. The van der Waals surface area contributed by atoms with E-state index in [0.717, 1.165) is 16.9 Å². The molecule has 5 heteroatoms. The van der Waals surface area contributed by atoms with Crippen molar-refractivity contribution in [2.45, 2.75) is 25.9 Å². The molecule has 3 N–H and O–H groups in total. The highest BCUT2D eigenvalue weighted by atomic mass is 35.5. The Morgan fingerprint density at radius 2 is 1.74 bits per heavy atom. The molecule has 0 aliphatic heterocycles. The summed E-state index contributed by atoms with van der Waals surface area (Å²) < 4.78 is 5.56. The van der Waals surface area contributed by atoms with Crippen LogP contribution in [-0.4, -0.2) is 12.5 Å². The van der Waals surface area contributed by atoms with Crippen LogP contribution in [0.5, 0.6) is 5.75 Å². The first-order chi connectivity index (χ1) is 10.6. The maximum Gasteiger partial charge on any atom is 0.244 e. The fourth-order valence-corrected chi connectivity index (χ4v) is 2.22. The fraction of sp³-hybridized carbons (Fsp3) is 0.278. The van der Waals surface area contributed by atoms with Gasteiger partial charge < -0.3 is 15.8 Å². The molecule has 0 aliphatic rings. The van der Waals surface area contributed by atoms with Gasteiger partial charge in [0.2, 0.25) is 5.91 Å². The molecule has 0 saturated carbocycles. The van der Waals surface area contributed by atoms with Crippen LogP contribution in [0.4, 0.5) is 0 Å². The second-order valence-corrected chi connectivity index (χ2v) is 5.29. The maximum absolute atomic E-state index is 12.4. The predicted molar refractivity (Wildman–Crippen MR) is 94.7 cm³/mol. The molecule has 2 rings (SSSR count). The number of carbonyl (C=O) groups excluding carboxylic acids is 1. The van der Waals surface area contributed by atoms with E-state index in [-0.39, 0.29) is 18.3 Å². The van der Waals surface area contributed by atoms with E-state index in [9.17, 15) is 4.79 Å². The van der Waals surface area contributed by atoms with Crippen molar-refractivity contribution >= 4 is 18.3 Å². The van der Waals surface area contributed by atoms with Crippen LogP contribution in [0.25, 0.3) is 0 Å². The van der Waals surface area contributed by atoms with Gasteiger partial charge in [0, 0.05) is 12.1 Å². The number of halogens is 1. The molecule has 0 spiro atoms. The van der Waals surface area contributed by atoms with E-state index >= 15 is 0 Å². The molecule has 0 radical (unpaired) electrons.